The van der Waals surface area contributed by atoms with Crippen molar-refractivity contribution in [1.29, 1.82) is 0 Å². The molecular weight excluding hydrogens is 226 g/mol. The third-order valence-corrected chi connectivity index (χ3v) is 3.67. The third-order valence-electron chi connectivity index (χ3n) is 2.49. The quantitative estimate of drug-likeness (QED) is 0.579. The molecular formula is C15H17NS. The summed E-state index contributed by atoms with van der Waals surface area (Å²) < 4.78 is 0. The van der Waals surface area contributed by atoms with E-state index in [2.05, 4.69) is 72.6 Å². The molecule has 2 rings (SSSR count). The van der Waals surface area contributed by atoms with Gasteiger partial charge in [-0.15, -0.1) is 11.8 Å². The van der Waals surface area contributed by atoms with E-state index in [-0.39, 0.29) is 0 Å². The Kier molecular flexibility index (Phi) is 4.65. The maximum absolute atomic E-state index is 2.33. The minimum absolute atomic E-state index is 1.00. The van der Waals surface area contributed by atoms with Gasteiger partial charge in [0.25, 0.3) is 0 Å². The van der Waals surface area contributed by atoms with Crippen LogP contribution >= 0.6 is 11.8 Å². The van der Waals surface area contributed by atoms with Gasteiger partial charge in [0.05, 0.1) is 0 Å². The van der Waals surface area contributed by atoms with E-state index in [9.17, 15) is 0 Å². The molecule has 1 nitrogen and oxygen atoms in total. The number of benzene rings is 2. The minimum atomic E-state index is 1.00. The molecule has 0 N–H and O–H groups in total. The molecule has 0 aromatic heterocycles. The molecule has 0 saturated heterocycles. The average Bonchev–Trinajstić information content (AvgIpc) is 2.39. The van der Waals surface area contributed by atoms with Crippen LogP contribution in [0.2, 0.25) is 0 Å². The van der Waals surface area contributed by atoms with Gasteiger partial charge in [-0.2, -0.15) is 0 Å². The molecule has 0 spiro atoms. The van der Waals surface area contributed by atoms with Crippen molar-refractivity contribution in [1.82, 2.24) is 4.90 Å². The molecule has 17 heavy (non-hydrogen) atoms. The van der Waals surface area contributed by atoms with E-state index in [1.54, 1.807) is 0 Å². The Morgan fingerprint density at radius 3 is 2.12 bits per heavy atom. The van der Waals surface area contributed by atoms with E-state index in [4.69, 9.17) is 0 Å². The fraction of sp³-hybridized carbons (Fsp3) is 0.200. The van der Waals surface area contributed by atoms with Crippen LogP contribution in [0, 0.1) is 0 Å². The first-order valence-electron chi connectivity index (χ1n) is 5.75. The van der Waals surface area contributed by atoms with Gasteiger partial charge >= 0.3 is 0 Å². The van der Waals surface area contributed by atoms with Gasteiger partial charge in [-0.05, 0) is 24.7 Å². The maximum atomic E-state index is 2.33. The van der Waals surface area contributed by atoms with Crippen LogP contribution in [0.25, 0.3) is 0 Å². The third kappa shape index (κ3) is 4.25. The molecule has 0 radical (unpaired) electrons. The Labute approximate surface area is 107 Å². The number of thioether (sulfide) groups is 1. The molecule has 0 saturated carbocycles. The Hall–Kier alpha value is -1.25. The van der Waals surface area contributed by atoms with Crippen LogP contribution in [0.5, 0.6) is 0 Å². The standard InChI is InChI=1S/C15H17NS/c1-16(12-14-8-4-2-5-9-14)13-17-15-10-6-3-7-11-15/h2-11H,12-13H2,1H3. The van der Waals surface area contributed by atoms with Gasteiger partial charge in [0.15, 0.2) is 0 Å². The summed E-state index contributed by atoms with van der Waals surface area (Å²) >= 11 is 1.87. The smallest absolute Gasteiger partial charge is 0.0492 e. The van der Waals surface area contributed by atoms with Crippen molar-refractivity contribution in [3.63, 3.8) is 0 Å². The van der Waals surface area contributed by atoms with Gasteiger partial charge in [-0.25, -0.2) is 0 Å². The number of hydrogen-bond donors (Lipinski definition) is 0. The van der Waals surface area contributed by atoms with Crippen LogP contribution in [-0.4, -0.2) is 17.8 Å². The van der Waals surface area contributed by atoms with Crippen molar-refractivity contribution in [2.45, 2.75) is 11.4 Å². The zero-order valence-corrected chi connectivity index (χ0v) is 10.9. The molecule has 0 bridgehead atoms. The number of rotatable bonds is 5. The highest BCUT2D eigenvalue weighted by Gasteiger charge is 2.00. The SMILES string of the molecule is CN(CSc1ccccc1)Cc1ccccc1. The normalized spacial score (nSPS) is 10.7. The maximum Gasteiger partial charge on any atom is 0.0492 e. The lowest BCUT2D eigenvalue weighted by Gasteiger charge is -2.16. The van der Waals surface area contributed by atoms with Crippen molar-refractivity contribution in [3.8, 4) is 0 Å². The largest absolute Gasteiger partial charge is 0.293 e. The fourth-order valence-corrected chi connectivity index (χ4v) is 2.45. The summed E-state index contributed by atoms with van der Waals surface area (Å²) in [6, 6.07) is 21.1. The van der Waals surface area contributed by atoms with Crippen molar-refractivity contribution in [2.75, 3.05) is 12.9 Å². The summed E-state index contributed by atoms with van der Waals surface area (Å²) in [5.74, 6) is 1.01. The zero-order valence-electron chi connectivity index (χ0n) is 10.0. The Bertz CT molecular complexity index is 427. The van der Waals surface area contributed by atoms with Crippen LogP contribution in [0.15, 0.2) is 65.6 Å². The number of nitrogens with zero attached hydrogens (tertiary/aromatic N) is 1. The lowest BCUT2D eigenvalue weighted by atomic mass is 10.2. The van der Waals surface area contributed by atoms with Crippen molar-refractivity contribution in [3.05, 3.63) is 66.2 Å². The summed E-state index contributed by atoms with van der Waals surface area (Å²) in [5, 5.41) is 0. The molecule has 0 atom stereocenters. The second kappa shape index (κ2) is 6.48. The molecule has 0 aliphatic carbocycles. The molecule has 88 valence electrons. The lowest BCUT2D eigenvalue weighted by Crippen LogP contribution is -2.16. The summed E-state index contributed by atoms with van der Waals surface area (Å²) in [6.07, 6.45) is 0. The summed E-state index contributed by atoms with van der Waals surface area (Å²) in [4.78, 5) is 3.65. The van der Waals surface area contributed by atoms with Crippen molar-refractivity contribution < 1.29 is 0 Å². The van der Waals surface area contributed by atoms with E-state index in [1.807, 2.05) is 11.8 Å². The van der Waals surface area contributed by atoms with Crippen molar-refractivity contribution in [2.24, 2.45) is 0 Å². The monoisotopic (exact) mass is 243 g/mol. The average molecular weight is 243 g/mol. The highest BCUT2D eigenvalue weighted by atomic mass is 32.2. The van der Waals surface area contributed by atoms with E-state index in [0.29, 0.717) is 0 Å². The molecule has 2 aromatic carbocycles. The summed E-state index contributed by atoms with van der Waals surface area (Å²) in [5.41, 5.74) is 1.36. The first-order chi connectivity index (χ1) is 8.34. The second-order valence-electron chi connectivity index (χ2n) is 4.09. The highest BCUT2D eigenvalue weighted by molar-refractivity contribution is 7.99. The highest BCUT2D eigenvalue weighted by Crippen LogP contribution is 2.18. The topological polar surface area (TPSA) is 3.24 Å². The predicted octanol–water partition coefficient (Wildman–Crippen LogP) is 3.87. The van der Waals surface area contributed by atoms with Gasteiger partial charge in [0.2, 0.25) is 0 Å². The van der Waals surface area contributed by atoms with Gasteiger partial charge in [-0.3, -0.25) is 4.90 Å². The van der Waals surface area contributed by atoms with Crippen LogP contribution in [0.3, 0.4) is 0 Å². The fourth-order valence-electron chi connectivity index (χ4n) is 1.64. The number of hydrogen-bond acceptors (Lipinski definition) is 2. The lowest BCUT2D eigenvalue weighted by molar-refractivity contribution is 0.386. The summed E-state index contributed by atoms with van der Waals surface area (Å²) in [6.45, 7) is 1.00. The summed E-state index contributed by atoms with van der Waals surface area (Å²) in [7, 11) is 2.16. The van der Waals surface area contributed by atoms with Gasteiger partial charge < -0.3 is 0 Å². The van der Waals surface area contributed by atoms with E-state index in [0.717, 1.165) is 12.4 Å². The van der Waals surface area contributed by atoms with Crippen LogP contribution < -0.4 is 0 Å². The predicted molar refractivity (Wildman–Crippen MR) is 75.1 cm³/mol. The van der Waals surface area contributed by atoms with Crippen LogP contribution in [0.1, 0.15) is 5.56 Å². The molecule has 0 aliphatic rings. The first-order valence-corrected chi connectivity index (χ1v) is 6.73. The Balaban J connectivity index is 1.80. The molecule has 0 amide bonds. The van der Waals surface area contributed by atoms with E-state index >= 15 is 0 Å². The molecule has 0 unspecified atom stereocenters. The van der Waals surface area contributed by atoms with Gasteiger partial charge in [0.1, 0.15) is 0 Å². The van der Waals surface area contributed by atoms with Crippen LogP contribution in [-0.2, 0) is 6.54 Å². The minimum Gasteiger partial charge on any atom is -0.293 e. The molecule has 0 aliphatic heterocycles. The zero-order chi connectivity index (χ0) is 11.9. The van der Waals surface area contributed by atoms with Gasteiger partial charge in [-0.1, -0.05) is 48.5 Å². The Morgan fingerprint density at radius 1 is 0.882 bits per heavy atom. The van der Waals surface area contributed by atoms with Crippen molar-refractivity contribution >= 4 is 11.8 Å². The molecule has 2 heteroatoms. The van der Waals surface area contributed by atoms with E-state index in [1.165, 1.54) is 10.5 Å². The van der Waals surface area contributed by atoms with Gasteiger partial charge in [0, 0.05) is 17.3 Å². The van der Waals surface area contributed by atoms with Crippen LogP contribution in [0.4, 0.5) is 0 Å². The molecule has 0 heterocycles. The first kappa shape index (κ1) is 12.2. The Morgan fingerprint density at radius 2 is 1.47 bits per heavy atom. The van der Waals surface area contributed by atoms with E-state index < -0.39 is 0 Å². The molecule has 0 fully saturated rings. The molecule has 2 aromatic rings. The second-order valence-corrected chi connectivity index (χ2v) is 5.10.